The van der Waals surface area contributed by atoms with Crippen molar-refractivity contribution in [1.82, 2.24) is 15.5 Å². The average Bonchev–Trinajstić information content (AvgIpc) is 3.16. The Morgan fingerprint density at radius 3 is 1.44 bits per heavy atom. The zero-order valence-electron chi connectivity index (χ0n) is 37.9. The first-order valence-electron chi connectivity index (χ1n) is 23.4. The number of hydroxylamine groups is 2. The Balaban J connectivity index is 4.85. The van der Waals surface area contributed by atoms with Crippen molar-refractivity contribution in [2.45, 2.75) is 226 Å². The summed E-state index contributed by atoms with van der Waals surface area (Å²) in [5, 5.41) is 16.5. The van der Waals surface area contributed by atoms with Crippen LogP contribution in [0, 0.1) is 5.21 Å². The van der Waals surface area contributed by atoms with Crippen molar-refractivity contribution < 1.29 is 24.2 Å². The Hall–Kier alpha value is -2.66. The largest absolute Gasteiger partial charge is 0.627 e. The van der Waals surface area contributed by atoms with E-state index in [4.69, 9.17) is 10.5 Å². The molecule has 0 saturated carbocycles. The minimum Gasteiger partial charge on any atom is -0.627 e. The number of hydrogen-bond acceptors (Lipinski definition) is 6. The van der Waals surface area contributed by atoms with Gasteiger partial charge in [0.25, 0.3) is 5.96 Å². The van der Waals surface area contributed by atoms with Gasteiger partial charge in [-0.05, 0) is 59.3 Å². The van der Waals surface area contributed by atoms with Crippen molar-refractivity contribution in [2.75, 3.05) is 33.2 Å². The van der Waals surface area contributed by atoms with Crippen LogP contribution in [0.2, 0.25) is 0 Å². The van der Waals surface area contributed by atoms with Crippen LogP contribution in [0.5, 0.6) is 0 Å². The Morgan fingerprint density at radius 2 is 1.05 bits per heavy atom. The summed E-state index contributed by atoms with van der Waals surface area (Å²) in [6.45, 7) is 10.6. The number of ether oxygens (including phenoxy) is 1. The summed E-state index contributed by atoms with van der Waals surface area (Å²) in [4.78, 5) is 44.8. The number of nitrogens with zero attached hydrogens (tertiary/aromatic N) is 2. The van der Waals surface area contributed by atoms with E-state index < -0.39 is 28.7 Å². The minimum absolute atomic E-state index is 0.145. The molecular formula is C46H90N6O5. The molecule has 0 bridgehead atoms. The fraction of sp³-hybridized carbons (Fsp3) is 0.870. The van der Waals surface area contributed by atoms with Crippen molar-refractivity contribution in [3.8, 4) is 0 Å². The average molecular weight is 807 g/mol. The third kappa shape index (κ3) is 36.2. The highest BCUT2D eigenvalue weighted by atomic mass is 16.6. The molecule has 0 aliphatic rings. The molecule has 57 heavy (non-hydrogen) atoms. The summed E-state index contributed by atoms with van der Waals surface area (Å²) in [7, 11) is 1.25. The highest BCUT2D eigenvalue weighted by molar-refractivity contribution is 5.89. The number of quaternary nitrogens is 1. The molecule has 0 aromatic heterocycles. The minimum atomic E-state index is -1.19. The summed E-state index contributed by atoms with van der Waals surface area (Å²) in [6, 6.07) is -1.19. The molecule has 0 saturated heterocycles. The molecule has 0 spiro atoms. The van der Waals surface area contributed by atoms with Crippen LogP contribution in [0.15, 0.2) is 17.1 Å². The molecule has 2 unspecified atom stereocenters. The van der Waals surface area contributed by atoms with E-state index in [1.807, 2.05) is 4.90 Å². The first-order valence-corrected chi connectivity index (χ1v) is 23.4. The van der Waals surface area contributed by atoms with Gasteiger partial charge in [0.1, 0.15) is 5.60 Å². The fourth-order valence-electron chi connectivity index (χ4n) is 6.75. The van der Waals surface area contributed by atoms with Crippen LogP contribution in [0.1, 0.15) is 214 Å². The van der Waals surface area contributed by atoms with Gasteiger partial charge < -0.3 is 36.3 Å². The number of allylic oxidation sites excluding steroid dienone is 2. The van der Waals surface area contributed by atoms with Gasteiger partial charge in [-0.15, -0.1) is 0 Å². The van der Waals surface area contributed by atoms with Gasteiger partial charge in [-0.25, -0.2) is 9.79 Å². The zero-order valence-corrected chi connectivity index (χ0v) is 37.9. The summed E-state index contributed by atoms with van der Waals surface area (Å²) >= 11 is 0. The zero-order chi connectivity index (χ0) is 42.4. The molecule has 5 N–H and O–H groups in total. The van der Waals surface area contributed by atoms with Crippen LogP contribution in [0.25, 0.3) is 0 Å². The molecule has 0 rings (SSSR count). The second-order valence-corrected chi connectivity index (χ2v) is 17.1. The van der Waals surface area contributed by atoms with Gasteiger partial charge in [0.2, 0.25) is 11.8 Å². The number of alkyl carbamates (subject to hydrolysis) is 1. The maximum atomic E-state index is 13.5. The lowest BCUT2D eigenvalue weighted by atomic mass is 10.0. The third-order valence-corrected chi connectivity index (χ3v) is 10.3. The number of hydrogen-bond donors (Lipinski definition) is 4. The Bertz CT molecular complexity index is 1040. The molecular weight excluding hydrogens is 717 g/mol. The smallest absolute Gasteiger partial charge is 0.407 e. The molecule has 2 atom stereocenters. The molecule has 11 nitrogen and oxygen atoms in total. The number of amides is 3. The SMILES string of the molecule is CCCCCCCC/C=C\CCCCCCCCN(CCCCCCCCCCCCCCCC)C(=O)CNC(=O)C(CNC(=O)OC(C)(C)C)N=C(N)[NH+](C)[O-]. The summed E-state index contributed by atoms with van der Waals surface area (Å²) in [5.41, 5.74) is 5.04. The lowest BCUT2D eigenvalue weighted by Crippen LogP contribution is -3.08. The standard InChI is InChI=1S/C46H90N6O5/c1-7-9-11-13-15-17-19-21-23-24-26-28-30-32-34-36-38-52(37-35-33-31-29-27-25-22-20-18-16-14-12-10-8-2)42(53)40-48-43(54)41(50-44(47)51(6)56)39-49-45(55)57-46(3,4)5/h21,23,41,51H,7-20,22,24-40H2,1-6H3,(H2,47,50)(H,48,54)(H,49,55)/b23-21-. The monoisotopic (exact) mass is 807 g/mol. The number of carbonyl (C=O) groups is 3. The first-order chi connectivity index (χ1) is 27.4. The maximum absolute atomic E-state index is 13.5. The Labute approximate surface area is 350 Å². The fourth-order valence-corrected chi connectivity index (χ4v) is 6.75. The van der Waals surface area contributed by atoms with Gasteiger partial charge in [-0.3, -0.25) is 9.59 Å². The molecule has 0 fully saturated rings. The second kappa shape index (κ2) is 37.6. The van der Waals surface area contributed by atoms with Crippen LogP contribution < -0.4 is 21.4 Å². The predicted octanol–water partition coefficient (Wildman–Crippen LogP) is 9.67. The summed E-state index contributed by atoms with van der Waals surface area (Å²) in [5.74, 6) is -1.07. The van der Waals surface area contributed by atoms with E-state index in [1.165, 1.54) is 148 Å². The van der Waals surface area contributed by atoms with Crippen molar-refractivity contribution in [3.05, 3.63) is 17.4 Å². The predicted molar refractivity (Wildman–Crippen MR) is 239 cm³/mol. The number of nitrogens with one attached hydrogen (secondary N) is 3. The summed E-state index contributed by atoms with van der Waals surface area (Å²) < 4.78 is 5.27. The van der Waals surface area contributed by atoms with Crippen molar-refractivity contribution in [3.63, 3.8) is 0 Å². The van der Waals surface area contributed by atoms with E-state index in [0.717, 1.165) is 38.5 Å². The van der Waals surface area contributed by atoms with Gasteiger partial charge in [-0.1, -0.05) is 167 Å². The van der Waals surface area contributed by atoms with Crippen LogP contribution in [0.4, 0.5) is 4.79 Å². The lowest BCUT2D eigenvalue weighted by Gasteiger charge is -2.24. The van der Waals surface area contributed by atoms with Gasteiger partial charge in [0.05, 0.1) is 20.1 Å². The Kier molecular flexibility index (Phi) is 35.8. The van der Waals surface area contributed by atoms with Crippen molar-refractivity contribution >= 4 is 23.9 Å². The molecule has 0 aromatic rings. The van der Waals surface area contributed by atoms with E-state index in [2.05, 4.69) is 41.6 Å². The molecule has 0 aromatic carbocycles. The Morgan fingerprint density at radius 1 is 0.667 bits per heavy atom. The van der Waals surface area contributed by atoms with Crippen LogP contribution in [-0.2, 0) is 14.3 Å². The van der Waals surface area contributed by atoms with E-state index in [9.17, 15) is 19.6 Å². The topological polar surface area (TPSA) is 154 Å². The number of carbonyl (C=O) groups excluding carboxylic acids is 3. The van der Waals surface area contributed by atoms with E-state index in [-0.39, 0.29) is 25.0 Å². The van der Waals surface area contributed by atoms with E-state index in [1.54, 1.807) is 20.8 Å². The molecule has 0 aliphatic carbocycles. The second-order valence-electron chi connectivity index (χ2n) is 17.1. The maximum Gasteiger partial charge on any atom is 0.407 e. The molecule has 0 heterocycles. The van der Waals surface area contributed by atoms with Gasteiger partial charge in [0.15, 0.2) is 6.04 Å². The number of rotatable bonds is 37. The number of nitrogens with two attached hydrogens (primary N) is 1. The van der Waals surface area contributed by atoms with Crippen molar-refractivity contribution in [1.29, 1.82) is 0 Å². The quantitative estimate of drug-likeness (QED) is 0.0161. The number of guanidine groups is 1. The number of unbranched alkanes of at least 4 members (excludes halogenated alkanes) is 25. The van der Waals surface area contributed by atoms with Gasteiger partial charge in [0, 0.05) is 13.1 Å². The highest BCUT2D eigenvalue weighted by Crippen LogP contribution is 2.15. The molecule has 11 heteroatoms. The van der Waals surface area contributed by atoms with Gasteiger partial charge >= 0.3 is 6.09 Å². The first kappa shape index (κ1) is 54.3. The summed E-state index contributed by atoms with van der Waals surface area (Å²) in [6.07, 6.45) is 39.2. The van der Waals surface area contributed by atoms with Crippen LogP contribution in [-0.4, -0.2) is 73.6 Å². The number of aliphatic imine (C=N–C) groups is 1. The molecule has 0 aliphatic heterocycles. The molecule has 0 radical (unpaired) electrons. The van der Waals surface area contributed by atoms with Crippen LogP contribution >= 0.6 is 0 Å². The molecule has 3 amide bonds. The van der Waals surface area contributed by atoms with Gasteiger partial charge in [-0.2, -0.15) is 0 Å². The lowest BCUT2D eigenvalue weighted by molar-refractivity contribution is -0.723. The van der Waals surface area contributed by atoms with Crippen LogP contribution in [0.3, 0.4) is 0 Å². The van der Waals surface area contributed by atoms with Crippen molar-refractivity contribution in [2.24, 2.45) is 10.7 Å². The molecule has 334 valence electrons. The normalized spacial score (nSPS) is 13.1. The highest BCUT2D eigenvalue weighted by Gasteiger charge is 2.24. The van der Waals surface area contributed by atoms with E-state index >= 15 is 0 Å². The van der Waals surface area contributed by atoms with E-state index in [0.29, 0.717) is 13.1 Å². The third-order valence-electron chi connectivity index (χ3n) is 10.3.